The molecule has 0 fully saturated rings. The normalized spacial score (nSPS) is 21.3. The number of rotatable bonds is 2. The van der Waals surface area contributed by atoms with Crippen molar-refractivity contribution in [3.05, 3.63) is 58.1 Å². The molecule has 0 saturated carbocycles. The van der Waals surface area contributed by atoms with Gasteiger partial charge in [-0.25, -0.2) is 4.79 Å². The Morgan fingerprint density at radius 2 is 2.05 bits per heavy atom. The van der Waals surface area contributed by atoms with Gasteiger partial charge in [0.25, 0.3) is 0 Å². The van der Waals surface area contributed by atoms with Crippen molar-refractivity contribution in [1.29, 1.82) is 0 Å². The summed E-state index contributed by atoms with van der Waals surface area (Å²) >= 11 is 0. The molecule has 0 spiro atoms. The number of anilines is 1. The second kappa shape index (κ2) is 4.49. The molecule has 3 N–H and O–H groups in total. The van der Waals surface area contributed by atoms with Crippen molar-refractivity contribution >= 4 is 5.82 Å². The number of aromatic nitrogens is 2. The van der Waals surface area contributed by atoms with E-state index in [0.717, 1.165) is 11.1 Å². The number of aliphatic hydroxyl groups is 1. The molecule has 0 amide bonds. The van der Waals surface area contributed by atoms with Crippen LogP contribution in [0.15, 0.2) is 41.3 Å². The van der Waals surface area contributed by atoms with Crippen molar-refractivity contribution < 1.29 is 9.84 Å². The summed E-state index contributed by atoms with van der Waals surface area (Å²) in [7, 11) is 0. The zero-order chi connectivity index (χ0) is 13.4. The Labute approximate surface area is 109 Å². The molecule has 0 radical (unpaired) electrons. The lowest BCUT2D eigenvalue weighted by molar-refractivity contribution is -0.0340. The van der Waals surface area contributed by atoms with Crippen LogP contribution in [-0.4, -0.2) is 21.3 Å². The molecule has 3 rings (SSSR count). The summed E-state index contributed by atoms with van der Waals surface area (Å²) in [5, 5.41) is 9.34. The third-order valence-corrected chi connectivity index (χ3v) is 3.17. The number of nitrogens with two attached hydrogens (primary N) is 1. The Morgan fingerprint density at radius 3 is 2.74 bits per heavy atom. The molecule has 2 heterocycles. The number of hydrogen-bond acceptors (Lipinski definition) is 5. The number of nitrogen functional groups attached to an aromatic ring is 1. The number of ether oxygens (including phenoxy) is 1. The lowest BCUT2D eigenvalue weighted by atomic mass is 10.0. The Kier molecular flexibility index (Phi) is 2.81. The maximum atomic E-state index is 11.9. The molecule has 2 aromatic rings. The van der Waals surface area contributed by atoms with E-state index < -0.39 is 18.0 Å². The first-order valence-corrected chi connectivity index (χ1v) is 5.90. The number of aliphatic hydroxyl groups excluding tert-OH is 1. The molecule has 98 valence electrons. The second-order valence-electron chi connectivity index (χ2n) is 4.33. The van der Waals surface area contributed by atoms with Gasteiger partial charge in [-0.05, 0) is 11.6 Å². The average Bonchev–Trinajstić information content (AvgIpc) is 2.78. The van der Waals surface area contributed by atoms with Crippen LogP contribution in [-0.2, 0) is 4.74 Å². The minimum absolute atomic E-state index is 0.134. The van der Waals surface area contributed by atoms with Gasteiger partial charge in [0, 0.05) is 11.8 Å². The number of benzene rings is 1. The van der Waals surface area contributed by atoms with Gasteiger partial charge in [-0.2, -0.15) is 4.98 Å². The van der Waals surface area contributed by atoms with Gasteiger partial charge in [-0.15, -0.1) is 0 Å². The molecule has 1 aliphatic rings. The molecule has 0 aliphatic carbocycles. The van der Waals surface area contributed by atoms with Crippen molar-refractivity contribution in [3.8, 4) is 0 Å². The standard InChI is InChI=1S/C13H13N3O3/c14-11-5-6-16(13(18)15-11)12-9-4-2-1-3-8(9)10(7-17)19-12/h1-6,10,12,17H,7H2,(H2,14,15,18)/t10-,12+/m0/s1. The predicted octanol–water partition coefficient (Wildman–Crippen LogP) is 0.436. The van der Waals surface area contributed by atoms with Crippen LogP contribution in [0.1, 0.15) is 23.5 Å². The summed E-state index contributed by atoms with van der Waals surface area (Å²) in [5.41, 5.74) is 6.74. The summed E-state index contributed by atoms with van der Waals surface area (Å²) in [4.78, 5) is 15.5. The van der Waals surface area contributed by atoms with Gasteiger partial charge >= 0.3 is 5.69 Å². The molecule has 6 heteroatoms. The molecule has 0 unspecified atom stereocenters. The van der Waals surface area contributed by atoms with E-state index in [-0.39, 0.29) is 12.4 Å². The average molecular weight is 259 g/mol. The third kappa shape index (κ3) is 1.91. The van der Waals surface area contributed by atoms with Crippen LogP contribution in [0.25, 0.3) is 0 Å². The predicted molar refractivity (Wildman–Crippen MR) is 68.4 cm³/mol. The van der Waals surface area contributed by atoms with Gasteiger partial charge in [0.15, 0.2) is 6.23 Å². The van der Waals surface area contributed by atoms with E-state index in [1.54, 1.807) is 12.3 Å². The third-order valence-electron chi connectivity index (χ3n) is 3.17. The maximum absolute atomic E-state index is 11.9. The van der Waals surface area contributed by atoms with E-state index >= 15 is 0 Å². The molecule has 19 heavy (non-hydrogen) atoms. The fourth-order valence-corrected chi connectivity index (χ4v) is 2.29. The Balaban J connectivity index is 2.10. The summed E-state index contributed by atoms with van der Waals surface area (Å²) in [6.45, 7) is -0.134. The largest absolute Gasteiger partial charge is 0.393 e. The number of hydrogen-bond donors (Lipinski definition) is 2. The Morgan fingerprint density at radius 1 is 1.32 bits per heavy atom. The molecule has 1 aromatic carbocycles. The van der Waals surface area contributed by atoms with Crippen LogP contribution in [0, 0.1) is 0 Å². The van der Waals surface area contributed by atoms with Gasteiger partial charge in [0.1, 0.15) is 11.9 Å². The van der Waals surface area contributed by atoms with Crippen LogP contribution >= 0.6 is 0 Å². The molecule has 0 saturated heterocycles. The molecular formula is C13H13N3O3. The van der Waals surface area contributed by atoms with E-state index in [4.69, 9.17) is 10.5 Å². The smallest absolute Gasteiger partial charge is 0.351 e. The van der Waals surface area contributed by atoms with Crippen LogP contribution < -0.4 is 11.4 Å². The lowest BCUT2D eigenvalue weighted by Gasteiger charge is -2.15. The highest BCUT2D eigenvalue weighted by atomic mass is 16.5. The highest BCUT2D eigenvalue weighted by Gasteiger charge is 2.32. The molecule has 1 aromatic heterocycles. The van der Waals surface area contributed by atoms with Gasteiger partial charge in [0.2, 0.25) is 0 Å². The van der Waals surface area contributed by atoms with E-state index in [9.17, 15) is 9.90 Å². The SMILES string of the molecule is Nc1ccn([C@@H]2O[C@@H](CO)c3ccccc32)c(=O)n1. The van der Waals surface area contributed by atoms with Crippen molar-refractivity contribution in [2.24, 2.45) is 0 Å². The van der Waals surface area contributed by atoms with Gasteiger partial charge in [0.05, 0.1) is 6.61 Å². The fourth-order valence-electron chi connectivity index (χ4n) is 2.29. The number of nitrogens with zero attached hydrogens (tertiary/aromatic N) is 2. The summed E-state index contributed by atoms with van der Waals surface area (Å²) < 4.78 is 7.09. The Hall–Kier alpha value is -2.18. The molecule has 2 atom stereocenters. The Bertz CT molecular complexity index is 668. The second-order valence-corrected chi connectivity index (χ2v) is 4.33. The van der Waals surface area contributed by atoms with Gasteiger partial charge in [-0.1, -0.05) is 24.3 Å². The first-order chi connectivity index (χ1) is 9.20. The topological polar surface area (TPSA) is 90.4 Å². The van der Waals surface area contributed by atoms with Crippen LogP contribution in [0.2, 0.25) is 0 Å². The summed E-state index contributed by atoms with van der Waals surface area (Å²) in [5.74, 6) is 0.172. The first-order valence-electron chi connectivity index (χ1n) is 5.90. The van der Waals surface area contributed by atoms with Crippen LogP contribution in [0.4, 0.5) is 5.82 Å². The zero-order valence-corrected chi connectivity index (χ0v) is 10.1. The van der Waals surface area contributed by atoms with Gasteiger partial charge in [-0.3, -0.25) is 4.57 Å². The fraction of sp³-hybridized carbons (Fsp3) is 0.231. The van der Waals surface area contributed by atoms with E-state index in [1.807, 2.05) is 24.3 Å². The molecule has 0 bridgehead atoms. The van der Waals surface area contributed by atoms with Crippen molar-refractivity contribution in [2.45, 2.75) is 12.3 Å². The molecular weight excluding hydrogens is 246 g/mol. The monoisotopic (exact) mass is 259 g/mol. The quantitative estimate of drug-likeness (QED) is 0.816. The molecule has 6 nitrogen and oxygen atoms in total. The minimum atomic E-state index is -0.575. The van der Waals surface area contributed by atoms with Crippen molar-refractivity contribution in [3.63, 3.8) is 0 Å². The highest BCUT2D eigenvalue weighted by Crippen LogP contribution is 2.38. The van der Waals surface area contributed by atoms with Crippen molar-refractivity contribution in [2.75, 3.05) is 12.3 Å². The summed E-state index contributed by atoms with van der Waals surface area (Å²) in [6, 6.07) is 9.03. The zero-order valence-electron chi connectivity index (χ0n) is 10.1. The molecule has 1 aliphatic heterocycles. The number of fused-ring (bicyclic) bond motifs is 1. The maximum Gasteiger partial charge on any atom is 0.351 e. The van der Waals surface area contributed by atoms with Gasteiger partial charge < -0.3 is 15.6 Å². The van der Waals surface area contributed by atoms with E-state index in [1.165, 1.54) is 4.57 Å². The minimum Gasteiger partial charge on any atom is -0.393 e. The van der Waals surface area contributed by atoms with Crippen LogP contribution in [0.5, 0.6) is 0 Å². The van der Waals surface area contributed by atoms with E-state index in [2.05, 4.69) is 4.98 Å². The first kappa shape index (κ1) is 11.9. The van der Waals surface area contributed by atoms with Crippen LogP contribution in [0.3, 0.4) is 0 Å². The van der Waals surface area contributed by atoms with Crippen molar-refractivity contribution in [1.82, 2.24) is 9.55 Å². The van der Waals surface area contributed by atoms with E-state index in [0.29, 0.717) is 0 Å². The lowest BCUT2D eigenvalue weighted by Crippen LogP contribution is -2.27. The highest BCUT2D eigenvalue weighted by molar-refractivity contribution is 5.35. The summed E-state index contributed by atoms with van der Waals surface area (Å²) in [6.07, 6.45) is 0.547.